The number of nitrogens with one attached hydrogen (secondary N) is 1. The molecular formula is C37H41N3O4. The third-order valence-corrected chi connectivity index (χ3v) is 8.39. The van der Waals surface area contributed by atoms with Crippen LogP contribution in [0.25, 0.3) is 17.2 Å². The van der Waals surface area contributed by atoms with E-state index in [2.05, 4.69) is 11.4 Å². The smallest absolute Gasteiger partial charge is 0.251 e. The molecule has 44 heavy (non-hydrogen) atoms. The molecule has 0 bridgehead atoms. The summed E-state index contributed by atoms with van der Waals surface area (Å²) in [5.41, 5.74) is 10.5. The van der Waals surface area contributed by atoms with Crippen LogP contribution in [0.5, 0.6) is 5.75 Å². The van der Waals surface area contributed by atoms with E-state index in [0.29, 0.717) is 49.2 Å². The third-order valence-electron chi connectivity index (χ3n) is 8.39. The van der Waals surface area contributed by atoms with Gasteiger partial charge in [0.1, 0.15) is 11.5 Å². The van der Waals surface area contributed by atoms with Crippen molar-refractivity contribution in [3.05, 3.63) is 120 Å². The Kier molecular flexibility index (Phi) is 10.7. The first-order valence-electron chi connectivity index (χ1n) is 15.4. The molecule has 5 rings (SSSR count). The Bertz CT molecular complexity index is 1550. The van der Waals surface area contributed by atoms with Gasteiger partial charge in [0.05, 0.1) is 6.26 Å². The number of benzene rings is 3. The Morgan fingerprint density at radius 2 is 1.70 bits per heavy atom. The summed E-state index contributed by atoms with van der Waals surface area (Å²) in [6.45, 7) is 2.31. The van der Waals surface area contributed by atoms with Crippen LogP contribution >= 0.6 is 0 Å². The summed E-state index contributed by atoms with van der Waals surface area (Å²) in [5, 5.41) is 12.8. The lowest BCUT2D eigenvalue weighted by molar-refractivity contribution is -0.126. The molecule has 2 atom stereocenters. The number of phenolic OH excluding ortho intramolecular Hbond substituents is 1. The van der Waals surface area contributed by atoms with E-state index in [4.69, 9.17) is 10.2 Å². The maximum atomic E-state index is 13.3. The number of aromatic hydroxyl groups is 1. The van der Waals surface area contributed by atoms with Gasteiger partial charge in [0.15, 0.2) is 0 Å². The molecule has 7 nitrogen and oxygen atoms in total. The molecule has 1 saturated carbocycles. The molecule has 1 aliphatic rings. The molecule has 1 heterocycles. The van der Waals surface area contributed by atoms with E-state index in [1.807, 2.05) is 54.6 Å². The molecule has 228 valence electrons. The minimum absolute atomic E-state index is 0.0628. The van der Waals surface area contributed by atoms with Gasteiger partial charge >= 0.3 is 0 Å². The zero-order valence-electron chi connectivity index (χ0n) is 25.0. The molecule has 0 radical (unpaired) electrons. The normalized spacial score (nSPS) is 16.6. The van der Waals surface area contributed by atoms with Gasteiger partial charge in [-0.05, 0) is 115 Å². The molecule has 1 aromatic heterocycles. The van der Waals surface area contributed by atoms with Crippen LogP contribution in [0.1, 0.15) is 52.9 Å². The minimum Gasteiger partial charge on any atom is -0.508 e. The number of nitrogens with two attached hydrogens (primary N) is 1. The van der Waals surface area contributed by atoms with E-state index in [-0.39, 0.29) is 17.6 Å². The van der Waals surface area contributed by atoms with Gasteiger partial charge in [0.2, 0.25) is 5.91 Å². The maximum Gasteiger partial charge on any atom is 0.251 e. The van der Waals surface area contributed by atoms with E-state index in [0.717, 1.165) is 41.6 Å². The van der Waals surface area contributed by atoms with Crippen LogP contribution in [-0.2, 0) is 17.8 Å². The Labute approximate surface area is 259 Å². The van der Waals surface area contributed by atoms with Crippen molar-refractivity contribution in [3.8, 4) is 16.9 Å². The van der Waals surface area contributed by atoms with Gasteiger partial charge in [-0.3, -0.25) is 9.59 Å². The van der Waals surface area contributed by atoms with Crippen molar-refractivity contribution < 1.29 is 19.1 Å². The Morgan fingerprint density at radius 1 is 0.932 bits per heavy atom. The average Bonchev–Trinajstić information content (AvgIpc) is 3.59. The summed E-state index contributed by atoms with van der Waals surface area (Å²) < 4.78 is 5.35. The summed E-state index contributed by atoms with van der Waals surface area (Å²) in [6.07, 6.45) is 10.0. The van der Waals surface area contributed by atoms with Crippen molar-refractivity contribution in [1.82, 2.24) is 10.2 Å². The fourth-order valence-electron chi connectivity index (χ4n) is 5.89. The number of hydrogen-bond acceptors (Lipinski definition) is 5. The van der Waals surface area contributed by atoms with Crippen molar-refractivity contribution in [3.63, 3.8) is 0 Å². The van der Waals surface area contributed by atoms with Crippen molar-refractivity contribution >= 4 is 17.9 Å². The first-order valence-corrected chi connectivity index (χ1v) is 15.4. The monoisotopic (exact) mass is 591 g/mol. The van der Waals surface area contributed by atoms with E-state index in [1.54, 1.807) is 41.5 Å². The molecule has 0 aliphatic heterocycles. The zero-order chi connectivity index (χ0) is 30.7. The zero-order valence-corrected chi connectivity index (χ0v) is 25.0. The van der Waals surface area contributed by atoms with E-state index in [1.165, 1.54) is 18.9 Å². The molecule has 2 amide bonds. The van der Waals surface area contributed by atoms with Crippen molar-refractivity contribution in [1.29, 1.82) is 0 Å². The van der Waals surface area contributed by atoms with Crippen molar-refractivity contribution in [2.45, 2.75) is 38.6 Å². The van der Waals surface area contributed by atoms with Gasteiger partial charge in [-0.25, -0.2) is 0 Å². The number of rotatable bonds is 12. The quantitative estimate of drug-likeness (QED) is 0.165. The second kappa shape index (κ2) is 15.2. The molecule has 3 aromatic carbocycles. The van der Waals surface area contributed by atoms with Crippen LogP contribution < -0.4 is 11.1 Å². The number of carbonyl (C=O) groups excluding carboxylic acids is 2. The number of phenols is 1. The predicted molar refractivity (Wildman–Crippen MR) is 174 cm³/mol. The Morgan fingerprint density at radius 3 is 2.48 bits per heavy atom. The summed E-state index contributed by atoms with van der Waals surface area (Å²) in [7, 11) is 0. The molecule has 4 N–H and O–H groups in total. The van der Waals surface area contributed by atoms with E-state index < -0.39 is 0 Å². The molecule has 1 aliphatic carbocycles. The highest BCUT2D eigenvalue weighted by Gasteiger charge is 2.21. The number of hydrogen-bond donors (Lipinski definition) is 3. The number of nitrogens with zero attached hydrogens (tertiary/aromatic N) is 1. The fourth-order valence-corrected chi connectivity index (χ4v) is 5.89. The number of carbonyl (C=O) groups is 2. The number of furan rings is 1. The summed E-state index contributed by atoms with van der Waals surface area (Å²) in [6, 6.07) is 26.4. The topological polar surface area (TPSA) is 109 Å². The molecule has 4 aromatic rings. The summed E-state index contributed by atoms with van der Waals surface area (Å²) in [4.78, 5) is 28.2. The van der Waals surface area contributed by atoms with Crippen LogP contribution in [0.4, 0.5) is 0 Å². The van der Waals surface area contributed by atoms with Crippen molar-refractivity contribution in [2.24, 2.45) is 17.6 Å². The van der Waals surface area contributed by atoms with Crippen LogP contribution in [0.15, 0.2) is 102 Å². The van der Waals surface area contributed by atoms with E-state index in [9.17, 15) is 14.7 Å². The van der Waals surface area contributed by atoms with Gasteiger partial charge in [0, 0.05) is 31.3 Å². The first kappa shape index (κ1) is 30.8. The molecule has 7 heteroatoms. The van der Waals surface area contributed by atoms with Gasteiger partial charge in [0.25, 0.3) is 5.91 Å². The van der Waals surface area contributed by atoms with Gasteiger partial charge < -0.3 is 25.5 Å². The Hall–Kier alpha value is -4.62. The Balaban J connectivity index is 1.27. The lowest BCUT2D eigenvalue weighted by atomic mass is 9.81. The molecule has 2 unspecified atom stereocenters. The highest BCUT2D eigenvalue weighted by atomic mass is 16.3. The lowest BCUT2D eigenvalue weighted by Gasteiger charge is -2.28. The van der Waals surface area contributed by atoms with E-state index >= 15 is 0 Å². The van der Waals surface area contributed by atoms with Gasteiger partial charge in [-0.1, -0.05) is 48.9 Å². The standard InChI is InChI=1S/C37H41N3O4/c38-24-28-5-1-6-29(21-28)25-39-37(43)33-10-3-9-32(23-33)31-8-2-7-30(22-31)26-40(19-18-27-12-14-34(41)15-13-27)36(42)17-16-35-11-4-20-44-35/h2-4,7-17,20,22-23,28-29,41H,1,5-6,18-19,21,24-26,38H2,(H,39,43). The van der Waals surface area contributed by atoms with Gasteiger partial charge in [-0.2, -0.15) is 0 Å². The molecule has 0 spiro atoms. The fraction of sp³-hybridized carbons (Fsp3) is 0.297. The third kappa shape index (κ3) is 8.71. The number of amides is 2. The lowest BCUT2D eigenvalue weighted by Crippen LogP contribution is -2.33. The van der Waals surface area contributed by atoms with Crippen LogP contribution in [0, 0.1) is 11.8 Å². The SMILES string of the molecule is NCC1CCCC(CNC(=O)c2cccc(-c3cccc(CN(CCc4ccc(O)cc4)C(=O)C=Cc4ccco4)c3)c2)C1. The molecule has 1 fully saturated rings. The van der Waals surface area contributed by atoms with Gasteiger partial charge in [-0.15, -0.1) is 0 Å². The first-order chi connectivity index (χ1) is 21.5. The minimum atomic E-state index is -0.125. The maximum absolute atomic E-state index is 13.3. The molecular weight excluding hydrogens is 550 g/mol. The highest BCUT2D eigenvalue weighted by molar-refractivity contribution is 5.95. The largest absolute Gasteiger partial charge is 0.508 e. The summed E-state index contributed by atoms with van der Waals surface area (Å²) in [5.74, 6) is 1.68. The van der Waals surface area contributed by atoms with Crippen molar-refractivity contribution in [2.75, 3.05) is 19.6 Å². The average molecular weight is 592 g/mol. The second-order valence-corrected chi connectivity index (χ2v) is 11.7. The van der Waals surface area contributed by atoms with Crippen LogP contribution in [0.3, 0.4) is 0 Å². The summed E-state index contributed by atoms with van der Waals surface area (Å²) >= 11 is 0. The second-order valence-electron chi connectivity index (χ2n) is 11.7. The molecule has 0 saturated heterocycles. The van der Waals surface area contributed by atoms with Crippen LogP contribution in [-0.4, -0.2) is 41.5 Å². The van der Waals surface area contributed by atoms with Crippen LogP contribution in [0.2, 0.25) is 0 Å². The highest BCUT2D eigenvalue weighted by Crippen LogP contribution is 2.28. The predicted octanol–water partition coefficient (Wildman–Crippen LogP) is 6.43.